The lowest BCUT2D eigenvalue weighted by atomic mass is 10.0. The van der Waals surface area contributed by atoms with Crippen LogP contribution in [0.1, 0.15) is 28.5 Å². The number of hydrogen-bond donors (Lipinski definition) is 3. The molecule has 0 saturated heterocycles. The summed E-state index contributed by atoms with van der Waals surface area (Å²) in [6.07, 6.45) is -0.544. The third-order valence-corrected chi connectivity index (χ3v) is 3.96. The largest absolute Gasteiger partial charge is 0.493 e. The van der Waals surface area contributed by atoms with Gasteiger partial charge in [-0.3, -0.25) is 9.59 Å². The van der Waals surface area contributed by atoms with E-state index in [0.29, 0.717) is 5.69 Å². The predicted octanol–water partition coefficient (Wildman–Crippen LogP) is 2.80. The summed E-state index contributed by atoms with van der Waals surface area (Å²) in [6, 6.07) is 10.5. The van der Waals surface area contributed by atoms with Crippen LogP contribution in [0.3, 0.4) is 0 Å². The van der Waals surface area contributed by atoms with Crippen molar-refractivity contribution in [2.45, 2.75) is 12.5 Å². The highest BCUT2D eigenvalue weighted by Crippen LogP contribution is 2.22. The van der Waals surface area contributed by atoms with Crippen molar-refractivity contribution in [1.82, 2.24) is 15.1 Å². The second kappa shape index (κ2) is 7.87. The molecule has 0 bridgehead atoms. The Kier molecular flexibility index (Phi) is 5.35. The first-order valence-corrected chi connectivity index (χ1v) is 8.17. The minimum Gasteiger partial charge on any atom is -0.493 e. The molecule has 0 spiro atoms. The van der Waals surface area contributed by atoms with Gasteiger partial charge in [0.1, 0.15) is 11.6 Å². The van der Waals surface area contributed by atoms with Gasteiger partial charge in [-0.1, -0.05) is 18.2 Å². The number of carboxylic acids is 1. The van der Waals surface area contributed by atoms with E-state index in [1.165, 1.54) is 30.3 Å². The van der Waals surface area contributed by atoms with Gasteiger partial charge in [0, 0.05) is 11.6 Å². The fraction of sp³-hybridized carbons (Fsp3) is 0.105. The normalized spacial score (nSPS) is 11.8. The van der Waals surface area contributed by atoms with E-state index >= 15 is 0 Å². The molecule has 28 heavy (non-hydrogen) atoms. The van der Waals surface area contributed by atoms with Crippen LogP contribution in [0.4, 0.5) is 8.78 Å². The van der Waals surface area contributed by atoms with E-state index in [-0.39, 0.29) is 17.1 Å². The number of carboxylic acid groups (broad SMARTS) is 1. The van der Waals surface area contributed by atoms with Crippen molar-refractivity contribution in [2.75, 3.05) is 0 Å². The third-order valence-electron chi connectivity index (χ3n) is 3.96. The number of aliphatic carboxylic acids is 1. The van der Waals surface area contributed by atoms with Crippen LogP contribution < -0.4 is 5.32 Å². The fourth-order valence-electron chi connectivity index (χ4n) is 2.66. The third kappa shape index (κ3) is 4.14. The molecule has 1 atom stereocenters. The van der Waals surface area contributed by atoms with E-state index in [0.717, 1.165) is 28.9 Å². The maximum atomic E-state index is 14.0. The molecule has 9 heteroatoms. The van der Waals surface area contributed by atoms with E-state index in [4.69, 9.17) is 5.11 Å². The van der Waals surface area contributed by atoms with Crippen LogP contribution >= 0.6 is 0 Å². The molecule has 0 aliphatic carbocycles. The molecule has 0 fully saturated rings. The Morgan fingerprint density at radius 1 is 1.11 bits per heavy atom. The molecule has 7 nitrogen and oxygen atoms in total. The monoisotopic (exact) mass is 387 g/mol. The predicted molar refractivity (Wildman–Crippen MR) is 94.0 cm³/mol. The Labute approximate surface area is 157 Å². The van der Waals surface area contributed by atoms with Crippen molar-refractivity contribution in [3.8, 4) is 11.6 Å². The maximum Gasteiger partial charge on any atom is 0.305 e. The minimum atomic E-state index is -1.23. The summed E-state index contributed by atoms with van der Waals surface area (Å²) < 4.78 is 28.1. The Hall–Kier alpha value is -3.75. The van der Waals surface area contributed by atoms with Gasteiger partial charge in [-0.2, -0.15) is 5.10 Å². The molecule has 1 aromatic heterocycles. The average Bonchev–Trinajstić information content (AvgIpc) is 3.04. The molecule has 3 rings (SSSR count). The topological polar surface area (TPSA) is 104 Å². The van der Waals surface area contributed by atoms with Gasteiger partial charge in [0.25, 0.3) is 5.91 Å². The molecule has 3 aromatic rings. The number of benzene rings is 2. The van der Waals surface area contributed by atoms with E-state index in [2.05, 4.69) is 10.4 Å². The fourth-order valence-corrected chi connectivity index (χ4v) is 2.66. The first-order valence-electron chi connectivity index (χ1n) is 8.17. The van der Waals surface area contributed by atoms with Crippen molar-refractivity contribution in [2.24, 2.45) is 0 Å². The Morgan fingerprint density at radius 2 is 1.79 bits per heavy atom. The zero-order chi connectivity index (χ0) is 20.3. The van der Waals surface area contributed by atoms with Crippen LogP contribution in [0, 0.1) is 11.6 Å². The highest BCUT2D eigenvalue weighted by atomic mass is 19.1. The minimum absolute atomic E-state index is 0.0143. The van der Waals surface area contributed by atoms with Crippen molar-refractivity contribution in [1.29, 1.82) is 0 Å². The number of halogens is 2. The van der Waals surface area contributed by atoms with Crippen molar-refractivity contribution in [3.63, 3.8) is 0 Å². The van der Waals surface area contributed by atoms with Gasteiger partial charge in [-0.15, -0.1) is 0 Å². The smallest absolute Gasteiger partial charge is 0.305 e. The zero-order valence-electron chi connectivity index (χ0n) is 14.3. The molecule has 0 aliphatic heterocycles. The molecule has 1 amide bonds. The van der Waals surface area contributed by atoms with Crippen LogP contribution in [-0.2, 0) is 4.79 Å². The van der Waals surface area contributed by atoms with Crippen LogP contribution in [0.15, 0.2) is 54.6 Å². The zero-order valence-corrected chi connectivity index (χ0v) is 14.3. The number of hydrogen-bond acceptors (Lipinski definition) is 4. The van der Waals surface area contributed by atoms with Crippen LogP contribution in [0.2, 0.25) is 0 Å². The first-order chi connectivity index (χ1) is 13.3. The van der Waals surface area contributed by atoms with E-state index in [9.17, 15) is 23.5 Å². The van der Waals surface area contributed by atoms with Crippen molar-refractivity contribution in [3.05, 3.63) is 77.5 Å². The van der Waals surface area contributed by atoms with Gasteiger partial charge >= 0.3 is 5.97 Å². The molecular formula is C19H15F2N3O4. The Morgan fingerprint density at radius 3 is 2.43 bits per heavy atom. The lowest BCUT2D eigenvalue weighted by Gasteiger charge is -2.17. The van der Waals surface area contributed by atoms with Gasteiger partial charge in [0.05, 0.1) is 18.2 Å². The van der Waals surface area contributed by atoms with Crippen LogP contribution in [0.25, 0.3) is 5.69 Å². The first kappa shape index (κ1) is 19.0. The second-order valence-electron chi connectivity index (χ2n) is 5.92. The molecule has 0 aliphatic rings. The van der Waals surface area contributed by atoms with Crippen molar-refractivity contribution < 1.29 is 28.6 Å². The number of aromatic nitrogens is 2. The number of aromatic hydroxyl groups is 1. The lowest BCUT2D eigenvalue weighted by Crippen LogP contribution is -2.31. The summed E-state index contributed by atoms with van der Waals surface area (Å²) in [5, 5.41) is 25.5. The Balaban J connectivity index is 1.86. The molecule has 3 N–H and O–H groups in total. The summed E-state index contributed by atoms with van der Waals surface area (Å²) in [7, 11) is 0. The lowest BCUT2D eigenvalue weighted by molar-refractivity contribution is -0.137. The Bertz CT molecular complexity index is 1020. The van der Waals surface area contributed by atoms with Gasteiger partial charge in [-0.05, 0) is 30.3 Å². The van der Waals surface area contributed by atoms with Crippen LogP contribution in [-0.4, -0.2) is 31.9 Å². The molecule has 2 aromatic carbocycles. The van der Waals surface area contributed by atoms with Gasteiger partial charge in [0.15, 0.2) is 5.69 Å². The van der Waals surface area contributed by atoms with Gasteiger partial charge in [0.2, 0.25) is 5.88 Å². The number of amides is 1. The molecule has 0 saturated carbocycles. The number of nitrogens with one attached hydrogen (secondary N) is 1. The molecular weight excluding hydrogens is 372 g/mol. The number of carbonyl (C=O) groups is 2. The molecule has 1 heterocycles. The number of rotatable bonds is 6. The number of carbonyl (C=O) groups excluding carboxylic acids is 1. The quantitative estimate of drug-likeness (QED) is 0.603. The summed E-state index contributed by atoms with van der Waals surface area (Å²) in [5.74, 6) is -3.54. The van der Waals surface area contributed by atoms with Gasteiger partial charge in [-0.25, -0.2) is 13.5 Å². The maximum absolute atomic E-state index is 14.0. The van der Waals surface area contributed by atoms with E-state index < -0.39 is 36.0 Å². The molecule has 0 radical (unpaired) electrons. The molecule has 1 unspecified atom stereocenters. The summed E-state index contributed by atoms with van der Waals surface area (Å²) in [4.78, 5) is 23.6. The number of nitrogens with zero attached hydrogens (tertiary/aromatic N) is 2. The van der Waals surface area contributed by atoms with Crippen molar-refractivity contribution >= 4 is 11.9 Å². The summed E-state index contributed by atoms with van der Waals surface area (Å²) in [6.45, 7) is 0. The highest BCUT2D eigenvalue weighted by Gasteiger charge is 2.23. The van der Waals surface area contributed by atoms with E-state index in [1.807, 2.05) is 0 Å². The molecule has 144 valence electrons. The highest BCUT2D eigenvalue weighted by molar-refractivity contribution is 5.93. The summed E-state index contributed by atoms with van der Waals surface area (Å²) >= 11 is 0. The van der Waals surface area contributed by atoms with Gasteiger partial charge < -0.3 is 15.5 Å². The van der Waals surface area contributed by atoms with Crippen LogP contribution in [0.5, 0.6) is 5.88 Å². The summed E-state index contributed by atoms with van der Waals surface area (Å²) in [5.41, 5.74) is 0.114. The standard InChI is InChI=1S/C19H15F2N3O4/c20-11-5-7-12(8-6-11)24-17(25)9-16(23-24)19(28)22-15(10-18(26)27)13-3-1-2-4-14(13)21/h1-9,15,25H,10H2,(H,22,28)(H,26,27). The SMILES string of the molecule is O=C(O)CC(NC(=O)c1cc(O)n(-c2ccc(F)cc2)n1)c1ccccc1F. The average molecular weight is 387 g/mol. The van der Waals surface area contributed by atoms with E-state index in [1.54, 1.807) is 0 Å². The second-order valence-corrected chi connectivity index (χ2v) is 5.92.